The Morgan fingerprint density at radius 3 is 2.23 bits per heavy atom. The summed E-state index contributed by atoms with van der Waals surface area (Å²) in [5, 5.41) is 6.74. The average Bonchev–Trinajstić information content (AvgIpc) is 3.66. The van der Waals surface area contributed by atoms with Gasteiger partial charge in [-0.05, 0) is 29.8 Å². The quantitative estimate of drug-likeness (QED) is 0.193. The van der Waals surface area contributed by atoms with E-state index in [9.17, 15) is 0 Å². The molecule has 35 heavy (non-hydrogen) atoms. The molecule has 0 amide bonds. The van der Waals surface area contributed by atoms with Crippen LogP contribution in [0.5, 0.6) is 0 Å². The SMILES string of the molecule is CCn1c2ccsc2c2sc3c([nH]c4c5[nH]c6c7[nH]c8ccsc8c7sc6c5c5nsnc5c43)c21. The van der Waals surface area contributed by atoms with Crippen LogP contribution in [-0.2, 0) is 6.54 Å². The third-order valence-corrected chi connectivity index (χ3v) is 12.4. The first-order valence-corrected chi connectivity index (χ1v) is 15.3. The van der Waals surface area contributed by atoms with Gasteiger partial charge in [-0.15, -0.1) is 45.3 Å². The fourth-order valence-corrected chi connectivity index (χ4v) is 11.1. The molecule has 0 aliphatic heterocycles. The summed E-state index contributed by atoms with van der Waals surface area (Å²) in [6.07, 6.45) is 0. The van der Waals surface area contributed by atoms with Crippen molar-refractivity contribution >= 4 is 151 Å². The van der Waals surface area contributed by atoms with E-state index in [4.69, 9.17) is 8.75 Å². The van der Waals surface area contributed by atoms with Crippen LogP contribution in [0, 0.1) is 0 Å². The van der Waals surface area contributed by atoms with Crippen molar-refractivity contribution in [3.05, 3.63) is 22.9 Å². The van der Waals surface area contributed by atoms with E-state index in [2.05, 4.69) is 49.3 Å². The third-order valence-electron chi connectivity index (χ3n) is 7.32. The van der Waals surface area contributed by atoms with E-state index < -0.39 is 0 Å². The van der Waals surface area contributed by atoms with Crippen LogP contribution in [0.3, 0.4) is 0 Å². The molecule has 9 heterocycles. The predicted molar refractivity (Wildman–Crippen MR) is 156 cm³/mol. The maximum Gasteiger partial charge on any atom is 0.116 e. The van der Waals surface area contributed by atoms with Crippen LogP contribution in [-0.4, -0.2) is 28.3 Å². The van der Waals surface area contributed by atoms with Crippen molar-refractivity contribution in [1.29, 1.82) is 0 Å². The van der Waals surface area contributed by atoms with E-state index in [0.717, 1.165) is 28.6 Å². The van der Waals surface area contributed by atoms with Gasteiger partial charge in [-0.3, -0.25) is 0 Å². The first kappa shape index (κ1) is 18.3. The first-order chi connectivity index (χ1) is 17.3. The molecule has 0 aliphatic rings. The Labute approximate surface area is 214 Å². The number of rotatable bonds is 1. The second kappa shape index (κ2) is 5.88. The van der Waals surface area contributed by atoms with E-state index >= 15 is 0 Å². The standard InChI is InChI=1S/C24H12N6S5/c1-2-30-8-4-6-32-20(8)24-18(30)17-22(34-24)10-12(27-17)11-9(13-14(10)29-35-28-13)21-15(26-11)16-23(33-21)19-7(25-16)3-5-31-19/h3-6,25-27H,2H2,1H3. The van der Waals surface area contributed by atoms with Gasteiger partial charge in [0.2, 0.25) is 0 Å². The van der Waals surface area contributed by atoms with Gasteiger partial charge in [0.25, 0.3) is 0 Å². The van der Waals surface area contributed by atoms with Crippen molar-refractivity contribution in [2.24, 2.45) is 0 Å². The van der Waals surface area contributed by atoms with Gasteiger partial charge < -0.3 is 19.5 Å². The summed E-state index contributed by atoms with van der Waals surface area (Å²) >= 11 is 8.69. The summed E-state index contributed by atoms with van der Waals surface area (Å²) in [6, 6.07) is 4.41. The van der Waals surface area contributed by atoms with Gasteiger partial charge in [-0.1, -0.05) is 0 Å². The second-order valence-corrected chi connectivity index (χ2v) is 13.3. The molecule has 6 nitrogen and oxygen atoms in total. The van der Waals surface area contributed by atoms with Crippen molar-refractivity contribution < 1.29 is 0 Å². The van der Waals surface area contributed by atoms with E-state index in [-0.39, 0.29) is 0 Å². The van der Waals surface area contributed by atoms with Gasteiger partial charge >= 0.3 is 0 Å². The summed E-state index contributed by atoms with van der Waals surface area (Å²) < 4.78 is 20.1. The highest BCUT2D eigenvalue weighted by molar-refractivity contribution is 7.32. The van der Waals surface area contributed by atoms with Gasteiger partial charge in [-0.2, -0.15) is 8.75 Å². The van der Waals surface area contributed by atoms with Gasteiger partial charge in [0.05, 0.1) is 84.1 Å². The Kier molecular flexibility index (Phi) is 3.08. The fraction of sp³-hybridized carbons (Fsp3) is 0.0833. The van der Waals surface area contributed by atoms with E-state index in [1.807, 2.05) is 34.0 Å². The minimum Gasteiger partial charge on any atom is -0.351 e. The molecule has 0 unspecified atom stereocenters. The lowest BCUT2D eigenvalue weighted by molar-refractivity contribution is 0.830. The third kappa shape index (κ3) is 1.91. The Morgan fingerprint density at radius 1 is 0.714 bits per heavy atom. The second-order valence-electron chi connectivity index (χ2n) is 8.87. The number of fused-ring (bicyclic) bond motifs is 18. The molecule has 0 saturated heterocycles. The topological polar surface area (TPSA) is 78.1 Å². The summed E-state index contributed by atoms with van der Waals surface area (Å²) in [7, 11) is 0. The van der Waals surface area contributed by atoms with Crippen molar-refractivity contribution in [3.8, 4) is 0 Å². The predicted octanol–water partition coefficient (Wildman–Crippen LogP) is 8.97. The number of benzene rings is 1. The van der Waals surface area contributed by atoms with Gasteiger partial charge in [0.1, 0.15) is 11.0 Å². The zero-order chi connectivity index (χ0) is 22.6. The minimum atomic E-state index is 0.946. The highest BCUT2D eigenvalue weighted by atomic mass is 32.1. The summed E-state index contributed by atoms with van der Waals surface area (Å²) in [6.45, 7) is 3.18. The summed E-state index contributed by atoms with van der Waals surface area (Å²) in [4.78, 5) is 11.3. The van der Waals surface area contributed by atoms with Crippen molar-refractivity contribution in [1.82, 2.24) is 28.3 Å². The molecule has 3 N–H and O–H groups in total. The molecule has 11 heteroatoms. The number of aryl methyl sites for hydroxylation is 1. The largest absolute Gasteiger partial charge is 0.351 e. The number of hydrogen-bond donors (Lipinski definition) is 3. The van der Waals surface area contributed by atoms with Crippen molar-refractivity contribution in [2.75, 3.05) is 0 Å². The monoisotopic (exact) mass is 544 g/mol. The Morgan fingerprint density at radius 2 is 1.40 bits per heavy atom. The Balaban J connectivity index is 1.46. The summed E-state index contributed by atoms with van der Waals surface area (Å²) in [5.41, 5.74) is 11.7. The molecule has 0 spiro atoms. The van der Waals surface area contributed by atoms with E-state index in [1.54, 1.807) is 11.3 Å². The highest BCUT2D eigenvalue weighted by Crippen LogP contribution is 2.50. The molecule has 10 rings (SSSR count). The zero-order valence-electron chi connectivity index (χ0n) is 17.9. The van der Waals surface area contributed by atoms with Gasteiger partial charge in [-0.25, -0.2) is 0 Å². The van der Waals surface area contributed by atoms with Crippen LogP contribution in [0.4, 0.5) is 0 Å². The molecule has 1 aromatic carbocycles. The average molecular weight is 545 g/mol. The number of nitrogens with one attached hydrogen (secondary N) is 3. The fourth-order valence-electron chi connectivity index (χ4n) is 5.93. The smallest absolute Gasteiger partial charge is 0.116 e. The molecule has 0 atom stereocenters. The molecule has 10 aromatic rings. The van der Waals surface area contributed by atoms with Gasteiger partial charge in [0.15, 0.2) is 0 Å². The van der Waals surface area contributed by atoms with Gasteiger partial charge in [0, 0.05) is 17.3 Å². The highest BCUT2D eigenvalue weighted by Gasteiger charge is 2.26. The van der Waals surface area contributed by atoms with Crippen molar-refractivity contribution in [2.45, 2.75) is 13.5 Å². The maximum absolute atomic E-state index is 4.84. The number of hydrogen-bond acceptors (Lipinski definition) is 7. The molecular weight excluding hydrogens is 533 g/mol. The zero-order valence-corrected chi connectivity index (χ0v) is 22.0. The molecule has 0 saturated carbocycles. The number of aromatic nitrogens is 6. The van der Waals surface area contributed by atoms with Crippen LogP contribution in [0.2, 0.25) is 0 Å². The number of aromatic amines is 3. The van der Waals surface area contributed by atoms with Crippen LogP contribution >= 0.6 is 57.1 Å². The minimum absolute atomic E-state index is 0.946. The van der Waals surface area contributed by atoms with E-state index in [0.29, 0.717) is 0 Å². The van der Waals surface area contributed by atoms with Crippen LogP contribution in [0.25, 0.3) is 94.1 Å². The van der Waals surface area contributed by atoms with Crippen LogP contribution in [0.15, 0.2) is 22.9 Å². The van der Waals surface area contributed by atoms with E-state index in [1.165, 1.54) is 83.8 Å². The molecule has 0 fully saturated rings. The molecule has 0 radical (unpaired) electrons. The first-order valence-electron chi connectivity index (χ1n) is 11.2. The lowest BCUT2D eigenvalue weighted by Crippen LogP contribution is -1.91. The normalized spacial score (nSPS) is 13.4. The molecular formula is C24H12N6S5. The molecule has 168 valence electrons. The Hall–Kier alpha value is -2.96. The van der Waals surface area contributed by atoms with Crippen LogP contribution < -0.4 is 0 Å². The number of nitrogens with zero attached hydrogens (tertiary/aromatic N) is 3. The maximum atomic E-state index is 4.84. The summed E-state index contributed by atoms with van der Waals surface area (Å²) in [5.74, 6) is 0. The lowest BCUT2D eigenvalue weighted by atomic mass is 10.1. The lowest BCUT2D eigenvalue weighted by Gasteiger charge is -1.99. The molecule has 0 bridgehead atoms. The molecule has 0 aliphatic carbocycles. The number of thiophene rings is 4. The van der Waals surface area contributed by atoms with Crippen molar-refractivity contribution in [3.63, 3.8) is 0 Å². The Bertz CT molecular complexity index is 2490. The number of H-pyrrole nitrogens is 3. The van der Waals surface area contributed by atoms with Crippen LogP contribution in [0.1, 0.15) is 6.92 Å². The molecule has 9 aromatic heterocycles.